The van der Waals surface area contributed by atoms with Gasteiger partial charge in [0.25, 0.3) is 5.91 Å². The van der Waals surface area contributed by atoms with Gasteiger partial charge in [0.05, 0.1) is 12.7 Å². The molecule has 3 N–H and O–H groups in total. The Morgan fingerprint density at radius 2 is 2.50 bits per heavy atom. The molecule has 0 aliphatic carbocycles. The maximum absolute atomic E-state index is 11.5. The minimum atomic E-state index is -0.288. The van der Waals surface area contributed by atoms with Crippen LogP contribution in [0, 0.1) is 6.92 Å². The zero-order chi connectivity index (χ0) is 11.5. The molecular formula is C9H10N4O2S. The first-order valence-corrected chi connectivity index (χ1v) is 5.43. The smallest absolute Gasteiger partial charge is 0.271 e. The lowest BCUT2D eigenvalue weighted by atomic mass is 10.4. The van der Waals surface area contributed by atoms with Crippen molar-refractivity contribution >= 4 is 22.4 Å². The van der Waals surface area contributed by atoms with Gasteiger partial charge >= 0.3 is 0 Å². The van der Waals surface area contributed by atoms with Crippen LogP contribution in [-0.4, -0.2) is 15.9 Å². The Hall–Kier alpha value is -1.89. The zero-order valence-electron chi connectivity index (χ0n) is 8.56. The molecule has 0 aliphatic rings. The first kappa shape index (κ1) is 10.6. The van der Waals surface area contributed by atoms with E-state index in [1.807, 2.05) is 0 Å². The molecule has 2 heterocycles. The Bertz CT molecular complexity index is 505. The Labute approximate surface area is 95.5 Å². The molecule has 2 rings (SSSR count). The summed E-state index contributed by atoms with van der Waals surface area (Å²) in [5.41, 5.74) is 5.73. The van der Waals surface area contributed by atoms with Gasteiger partial charge in [-0.1, -0.05) is 0 Å². The predicted octanol–water partition coefficient (Wildman–Crippen LogP) is 0.952. The molecular weight excluding hydrogens is 228 g/mol. The van der Waals surface area contributed by atoms with Gasteiger partial charge in [-0.25, -0.2) is 9.97 Å². The van der Waals surface area contributed by atoms with Gasteiger partial charge in [-0.05, 0) is 6.92 Å². The monoisotopic (exact) mass is 238 g/mol. The summed E-state index contributed by atoms with van der Waals surface area (Å²) in [6.45, 7) is 2.03. The van der Waals surface area contributed by atoms with Crippen molar-refractivity contribution in [1.29, 1.82) is 0 Å². The van der Waals surface area contributed by atoms with Crippen molar-refractivity contribution in [2.45, 2.75) is 13.5 Å². The van der Waals surface area contributed by atoms with Crippen LogP contribution in [0.4, 0.5) is 5.13 Å². The molecule has 7 heteroatoms. The Kier molecular flexibility index (Phi) is 2.86. The number of oxazole rings is 1. The summed E-state index contributed by atoms with van der Waals surface area (Å²) in [6.07, 6.45) is 1.60. The molecule has 1 amide bonds. The summed E-state index contributed by atoms with van der Waals surface area (Å²) in [6, 6.07) is 0. The quantitative estimate of drug-likeness (QED) is 0.830. The van der Waals surface area contributed by atoms with Crippen LogP contribution in [0.15, 0.2) is 16.0 Å². The van der Waals surface area contributed by atoms with Crippen molar-refractivity contribution < 1.29 is 9.21 Å². The Morgan fingerprint density at radius 3 is 3.06 bits per heavy atom. The van der Waals surface area contributed by atoms with Crippen LogP contribution in [0.2, 0.25) is 0 Å². The number of aromatic nitrogens is 2. The van der Waals surface area contributed by atoms with E-state index in [-0.39, 0.29) is 12.5 Å². The Balaban J connectivity index is 1.93. The lowest BCUT2D eigenvalue weighted by molar-refractivity contribution is 0.0943. The summed E-state index contributed by atoms with van der Waals surface area (Å²) in [7, 11) is 0. The highest BCUT2D eigenvalue weighted by atomic mass is 32.1. The second-order valence-electron chi connectivity index (χ2n) is 3.12. The van der Waals surface area contributed by atoms with Crippen LogP contribution < -0.4 is 11.1 Å². The van der Waals surface area contributed by atoms with Crippen LogP contribution in [0.25, 0.3) is 0 Å². The SMILES string of the molecule is Cc1cnc(CNC(=O)c2csc(N)n2)o1. The molecule has 0 radical (unpaired) electrons. The lowest BCUT2D eigenvalue weighted by Gasteiger charge is -1.98. The number of nitrogens with two attached hydrogens (primary N) is 1. The second kappa shape index (κ2) is 4.31. The first-order valence-electron chi connectivity index (χ1n) is 4.55. The number of carbonyl (C=O) groups excluding carboxylic acids is 1. The van der Waals surface area contributed by atoms with Gasteiger partial charge < -0.3 is 15.5 Å². The number of thiazole rings is 1. The van der Waals surface area contributed by atoms with Gasteiger partial charge in [0.2, 0.25) is 5.89 Å². The molecule has 2 aromatic heterocycles. The maximum atomic E-state index is 11.5. The van der Waals surface area contributed by atoms with E-state index in [0.29, 0.717) is 22.5 Å². The number of hydrogen-bond donors (Lipinski definition) is 2. The number of hydrogen-bond acceptors (Lipinski definition) is 6. The zero-order valence-corrected chi connectivity index (χ0v) is 9.37. The average Bonchev–Trinajstić information content (AvgIpc) is 2.84. The molecule has 0 aliphatic heterocycles. The average molecular weight is 238 g/mol. The predicted molar refractivity (Wildman–Crippen MR) is 58.9 cm³/mol. The van der Waals surface area contributed by atoms with Gasteiger partial charge in [0.15, 0.2) is 5.13 Å². The molecule has 16 heavy (non-hydrogen) atoms. The highest BCUT2D eigenvalue weighted by molar-refractivity contribution is 7.13. The fourth-order valence-corrected chi connectivity index (χ4v) is 1.66. The van der Waals surface area contributed by atoms with Gasteiger partial charge in [0.1, 0.15) is 11.5 Å². The number of amides is 1. The molecule has 0 spiro atoms. The van der Waals surface area contributed by atoms with Crippen molar-refractivity contribution in [3.8, 4) is 0 Å². The van der Waals surface area contributed by atoms with Crippen molar-refractivity contribution in [3.05, 3.63) is 28.9 Å². The molecule has 0 saturated carbocycles. The summed E-state index contributed by atoms with van der Waals surface area (Å²) >= 11 is 1.23. The van der Waals surface area contributed by atoms with Crippen LogP contribution >= 0.6 is 11.3 Å². The van der Waals surface area contributed by atoms with Crippen molar-refractivity contribution in [2.24, 2.45) is 0 Å². The van der Waals surface area contributed by atoms with Crippen LogP contribution in [0.3, 0.4) is 0 Å². The molecule has 0 unspecified atom stereocenters. The van der Waals surface area contributed by atoms with E-state index in [2.05, 4.69) is 15.3 Å². The minimum absolute atomic E-state index is 0.240. The molecule has 2 aromatic rings. The maximum Gasteiger partial charge on any atom is 0.271 e. The summed E-state index contributed by atoms with van der Waals surface area (Å²) in [5.74, 6) is 0.889. The van der Waals surface area contributed by atoms with E-state index in [9.17, 15) is 4.79 Å². The third-order valence-corrected chi connectivity index (χ3v) is 2.50. The van der Waals surface area contributed by atoms with Crippen molar-refractivity contribution in [2.75, 3.05) is 5.73 Å². The highest BCUT2D eigenvalue weighted by Gasteiger charge is 2.10. The van der Waals surface area contributed by atoms with E-state index >= 15 is 0 Å². The van der Waals surface area contributed by atoms with Gasteiger partial charge in [-0.2, -0.15) is 0 Å². The van der Waals surface area contributed by atoms with E-state index in [0.717, 1.165) is 0 Å². The van der Waals surface area contributed by atoms with E-state index in [4.69, 9.17) is 10.2 Å². The van der Waals surface area contributed by atoms with Crippen molar-refractivity contribution in [1.82, 2.24) is 15.3 Å². The topological polar surface area (TPSA) is 94.0 Å². The van der Waals surface area contributed by atoms with Crippen LogP contribution in [0.5, 0.6) is 0 Å². The standard InChI is InChI=1S/C9H10N4O2S/c1-5-2-11-7(15-5)3-12-8(14)6-4-16-9(10)13-6/h2,4H,3H2,1H3,(H2,10,13)(H,12,14). The van der Waals surface area contributed by atoms with Gasteiger partial charge in [0, 0.05) is 5.38 Å². The number of rotatable bonds is 3. The van der Waals surface area contributed by atoms with Crippen LogP contribution in [-0.2, 0) is 6.54 Å². The molecule has 0 aromatic carbocycles. The fraction of sp³-hybridized carbons (Fsp3) is 0.222. The molecule has 6 nitrogen and oxygen atoms in total. The lowest BCUT2D eigenvalue weighted by Crippen LogP contribution is -2.23. The van der Waals surface area contributed by atoms with E-state index < -0.39 is 0 Å². The third-order valence-electron chi connectivity index (χ3n) is 1.82. The summed E-state index contributed by atoms with van der Waals surface area (Å²) in [4.78, 5) is 19.4. The molecule has 0 saturated heterocycles. The number of carbonyl (C=O) groups is 1. The van der Waals surface area contributed by atoms with Gasteiger partial charge in [-0.15, -0.1) is 11.3 Å². The molecule has 0 atom stereocenters. The number of aryl methyl sites for hydroxylation is 1. The molecule has 0 fully saturated rings. The molecule has 0 bridgehead atoms. The fourth-order valence-electron chi connectivity index (χ4n) is 1.12. The third kappa shape index (κ3) is 2.37. The number of anilines is 1. The molecule has 84 valence electrons. The summed E-state index contributed by atoms with van der Waals surface area (Å²) < 4.78 is 5.21. The largest absolute Gasteiger partial charge is 0.444 e. The Morgan fingerprint density at radius 1 is 1.69 bits per heavy atom. The normalized spacial score (nSPS) is 10.3. The number of nitrogens with one attached hydrogen (secondary N) is 1. The first-order chi connectivity index (χ1) is 7.65. The highest BCUT2D eigenvalue weighted by Crippen LogP contribution is 2.10. The summed E-state index contributed by atoms with van der Waals surface area (Å²) in [5, 5.41) is 4.61. The van der Waals surface area contributed by atoms with Gasteiger partial charge in [-0.3, -0.25) is 4.79 Å². The second-order valence-corrected chi connectivity index (χ2v) is 4.01. The van der Waals surface area contributed by atoms with Crippen molar-refractivity contribution in [3.63, 3.8) is 0 Å². The van der Waals surface area contributed by atoms with E-state index in [1.165, 1.54) is 11.3 Å². The minimum Gasteiger partial charge on any atom is -0.444 e. The van der Waals surface area contributed by atoms with E-state index in [1.54, 1.807) is 18.5 Å². The van der Waals surface area contributed by atoms with Crippen LogP contribution in [0.1, 0.15) is 22.1 Å². The number of nitrogen functional groups attached to an aromatic ring is 1. The number of nitrogens with zero attached hydrogens (tertiary/aromatic N) is 2.